The van der Waals surface area contributed by atoms with E-state index >= 15 is 0 Å². The van der Waals surface area contributed by atoms with Crippen molar-refractivity contribution in [3.8, 4) is 11.5 Å². The van der Waals surface area contributed by atoms with Gasteiger partial charge in [-0.25, -0.2) is 14.4 Å². The van der Waals surface area contributed by atoms with Crippen molar-refractivity contribution in [1.82, 2.24) is 4.90 Å². The fraction of sp³-hybridized carbons (Fsp3) is 0.552. The lowest BCUT2D eigenvalue weighted by Crippen LogP contribution is -2.74. The molecule has 46 heavy (non-hydrogen) atoms. The molecule has 14 nitrogen and oxygen atoms in total. The number of hydrogen-bond acceptors (Lipinski definition) is 12. The second-order valence-corrected chi connectivity index (χ2v) is 11.3. The normalized spacial score (nSPS) is 26.8. The number of halogens is 3. The second-order valence-electron chi connectivity index (χ2n) is 11.3. The Hall–Kier alpha value is -4.38. The van der Waals surface area contributed by atoms with Crippen LogP contribution >= 0.6 is 0 Å². The fourth-order valence-electron chi connectivity index (χ4n) is 6.61. The van der Waals surface area contributed by atoms with Gasteiger partial charge >= 0.3 is 36.0 Å². The highest BCUT2D eigenvalue weighted by molar-refractivity contribution is 5.85. The van der Waals surface area contributed by atoms with Gasteiger partial charge in [0.1, 0.15) is 5.76 Å². The Morgan fingerprint density at radius 3 is 2.37 bits per heavy atom. The van der Waals surface area contributed by atoms with E-state index in [0.717, 1.165) is 18.1 Å². The molecule has 2 aliphatic heterocycles. The number of ether oxygens (including phenoxy) is 5. The molecule has 252 valence electrons. The number of carbonyl (C=O) groups is 5. The highest BCUT2D eigenvalue weighted by atomic mass is 19.4. The summed E-state index contributed by atoms with van der Waals surface area (Å²) in [6, 6.07) is 3.65. The number of nitrogens with zero attached hydrogens (tertiary/aromatic N) is 1. The van der Waals surface area contributed by atoms with Crippen LogP contribution in [-0.4, -0.2) is 107 Å². The summed E-state index contributed by atoms with van der Waals surface area (Å²) >= 11 is 0. The van der Waals surface area contributed by atoms with E-state index in [2.05, 4.69) is 9.64 Å². The van der Waals surface area contributed by atoms with E-state index in [1.165, 1.54) is 14.0 Å². The number of carbonyl (C=O) groups excluding carboxylic acids is 3. The molecule has 2 heterocycles. The molecule has 0 aromatic heterocycles. The predicted octanol–water partition coefficient (Wildman–Crippen LogP) is 1.49. The van der Waals surface area contributed by atoms with Gasteiger partial charge in [0.25, 0.3) is 0 Å². The number of piperidine rings is 1. The first-order valence-electron chi connectivity index (χ1n) is 14.0. The molecular formula is C29H32F3NO13. The SMILES string of the molecule is COc1ccc2c3c1O[C@H]1C(OC(=O)C(C)OC(=O)CC(OC(C)=O)C(=O)O)=CC[C@@]4(O)[C@@H](C2)N(C)CC[C@]314.O=C(O)C(F)(F)F. The molecule has 0 saturated carbocycles. The Balaban J connectivity index is 0.000000617. The number of methoxy groups -OCH3 is 1. The minimum atomic E-state index is -5.08. The number of esters is 3. The topological polar surface area (TPSA) is 195 Å². The first-order valence-corrected chi connectivity index (χ1v) is 14.0. The Morgan fingerprint density at radius 1 is 1.15 bits per heavy atom. The molecule has 1 spiro atoms. The molecule has 1 saturated heterocycles. The largest absolute Gasteiger partial charge is 0.493 e. The van der Waals surface area contributed by atoms with Gasteiger partial charge in [-0.05, 0) is 51.1 Å². The third-order valence-electron chi connectivity index (χ3n) is 8.59. The third-order valence-corrected chi connectivity index (χ3v) is 8.59. The summed E-state index contributed by atoms with van der Waals surface area (Å²) in [6.07, 6.45) is -6.75. The highest BCUT2D eigenvalue weighted by Crippen LogP contribution is 2.65. The van der Waals surface area contributed by atoms with Crippen LogP contribution in [0.5, 0.6) is 11.5 Å². The van der Waals surface area contributed by atoms with Crippen molar-refractivity contribution in [2.45, 2.75) is 81.1 Å². The quantitative estimate of drug-likeness (QED) is 0.268. The average molecular weight is 660 g/mol. The number of aliphatic carboxylic acids is 2. The highest BCUT2D eigenvalue weighted by Gasteiger charge is 2.72. The smallest absolute Gasteiger partial charge is 0.490 e. The van der Waals surface area contributed by atoms with Gasteiger partial charge in [-0.3, -0.25) is 9.59 Å². The zero-order valence-electron chi connectivity index (χ0n) is 25.1. The number of alkyl halides is 3. The van der Waals surface area contributed by atoms with Crippen LogP contribution in [-0.2, 0) is 50.0 Å². The minimum absolute atomic E-state index is 0.169. The lowest BCUT2D eigenvalue weighted by molar-refractivity contribution is -0.192. The van der Waals surface area contributed by atoms with Crippen LogP contribution in [0.15, 0.2) is 24.0 Å². The summed E-state index contributed by atoms with van der Waals surface area (Å²) in [5.74, 6) is -5.86. The monoisotopic (exact) mass is 659 g/mol. The first-order chi connectivity index (χ1) is 21.4. The van der Waals surface area contributed by atoms with E-state index < -0.39 is 71.8 Å². The Morgan fingerprint density at radius 2 is 1.80 bits per heavy atom. The number of benzene rings is 1. The van der Waals surface area contributed by atoms with Gasteiger partial charge in [0.05, 0.1) is 24.5 Å². The molecule has 17 heteroatoms. The van der Waals surface area contributed by atoms with Crippen molar-refractivity contribution in [3.05, 3.63) is 35.1 Å². The predicted molar refractivity (Wildman–Crippen MR) is 145 cm³/mol. The molecule has 2 bridgehead atoms. The van der Waals surface area contributed by atoms with Crippen molar-refractivity contribution in [3.63, 3.8) is 0 Å². The molecule has 4 aliphatic rings. The van der Waals surface area contributed by atoms with Crippen LogP contribution in [0, 0.1) is 0 Å². The number of carboxylic acids is 2. The molecule has 2 aliphatic carbocycles. The number of hydrogen-bond donors (Lipinski definition) is 3. The van der Waals surface area contributed by atoms with Gasteiger partial charge in [-0.2, -0.15) is 13.2 Å². The molecule has 2 unspecified atom stereocenters. The number of aliphatic hydroxyl groups is 1. The molecule has 3 N–H and O–H groups in total. The molecule has 0 radical (unpaired) electrons. The van der Waals surface area contributed by atoms with E-state index in [9.17, 15) is 37.5 Å². The van der Waals surface area contributed by atoms with Crippen molar-refractivity contribution in [2.75, 3.05) is 20.7 Å². The van der Waals surface area contributed by atoms with Crippen molar-refractivity contribution in [1.29, 1.82) is 0 Å². The fourth-order valence-corrected chi connectivity index (χ4v) is 6.61. The van der Waals surface area contributed by atoms with Crippen LogP contribution in [0.4, 0.5) is 13.2 Å². The van der Waals surface area contributed by atoms with Crippen molar-refractivity contribution in [2.24, 2.45) is 0 Å². The lowest BCUT2D eigenvalue weighted by atomic mass is 9.50. The first kappa shape index (κ1) is 34.5. The van der Waals surface area contributed by atoms with Crippen molar-refractivity contribution < 1.29 is 76.1 Å². The van der Waals surface area contributed by atoms with Gasteiger partial charge in [-0.1, -0.05) is 6.07 Å². The van der Waals surface area contributed by atoms with Gasteiger partial charge in [0.2, 0.25) is 6.10 Å². The summed E-state index contributed by atoms with van der Waals surface area (Å²) < 4.78 is 59.1. The number of carboxylic acid groups (broad SMARTS) is 2. The summed E-state index contributed by atoms with van der Waals surface area (Å²) in [6.45, 7) is 3.00. The maximum absolute atomic E-state index is 13.0. The van der Waals surface area contributed by atoms with Crippen LogP contribution in [0.1, 0.15) is 44.2 Å². The molecule has 6 atom stereocenters. The van der Waals surface area contributed by atoms with Crippen LogP contribution in [0.3, 0.4) is 0 Å². The molecule has 1 aromatic carbocycles. The Labute approximate surface area is 259 Å². The molecule has 0 amide bonds. The Kier molecular flexibility index (Phi) is 9.32. The lowest BCUT2D eigenvalue weighted by Gasteiger charge is -2.61. The van der Waals surface area contributed by atoms with Gasteiger partial charge < -0.3 is 43.9 Å². The minimum Gasteiger partial charge on any atom is -0.493 e. The van der Waals surface area contributed by atoms with Gasteiger partial charge in [-0.15, -0.1) is 0 Å². The van der Waals surface area contributed by atoms with E-state index in [1.807, 2.05) is 19.2 Å². The molecular weight excluding hydrogens is 627 g/mol. The van der Waals surface area contributed by atoms with Crippen LogP contribution in [0.25, 0.3) is 0 Å². The van der Waals surface area contributed by atoms with E-state index in [1.54, 1.807) is 6.08 Å². The number of likely N-dealkylation sites (N-methyl/N-ethyl adjacent to an activating group) is 1. The third kappa shape index (κ3) is 5.95. The van der Waals surface area contributed by atoms with Crippen molar-refractivity contribution >= 4 is 29.8 Å². The summed E-state index contributed by atoms with van der Waals surface area (Å²) in [7, 11) is 3.53. The zero-order valence-corrected chi connectivity index (χ0v) is 25.1. The average Bonchev–Trinajstić information content (AvgIpc) is 3.31. The van der Waals surface area contributed by atoms with Crippen LogP contribution < -0.4 is 9.47 Å². The van der Waals surface area contributed by atoms with E-state index in [-0.39, 0.29) is 18.2 Å². The number of likely N-dealkylation sites (tertiary alicyclic amines) is 1. The van der Waals surface area contributed by atoms with Gasteiger partial charge in [0, 0.05) is 24.9 Å². The molecule has 1 aromatic rings. The molecule has 1 fully saturated rings. The molecule has 5 rings (SSSR count). The Bertz CT molecular complexity index is 1480. The second kappa shape index (κ2) is 12.4. The summed E-state index contributed by atoms with van der Waals surface area (Å²) in [4.78, 5) is 58.7. The number of rotatable bonds is 8. The van der Waals surface area contributed by atoms with E-state index in [0.29, 0.717) is 30.9 Å². The van der Waals surface area contributed by atoms with Gasteiger partial charge in [0.15, 0.2) is 23.7 Å². The summed E-state index contributed by atoms with van der Waals surface area (Å²) in [5, 5.41) is 28.5. The maximum atomic E-state index is 13.0. The summed E-state index contributed by atoms with van der Waals surface area (Å²) in [5.41, 5.74) is -0.119. The zero-order chi connectivity index (χ0) is 34.4. The van der Waals surface area contributed by atoms with E-state index in [4.69, 9.17) is 34.0 Å². The van der Waals surface area contributed by atoms with Crippen LogP contribution in [0.2, 0.25) is 0 Å². The maximum Gasteiger partial charge on any atom is 0.490 e. The standard InChI is InChI=1S/C27H31NO11.C2HF3O2/c1-13(36-20(30)12-18(24(31)32)37-14(2)29)25(33)38-17-7-8-27(34)19-11-15-5-6-16(35-4)22-21(15)26(27,23(17)39-22)9-10-28(19)3;3-2(4,5)1(6)7/h5-7,13,18-19,23,34H,8-12H2,1-4H3,(H,31,32);(H,6,7)/t13?,18?,19-,23+,26+,27-;/m1./s1.